The van der Waals surface area contributed by atoms with Crippen molar-refractivity contribution in [3.8, 4) is 17.2 Å². The third kappa shape index (κ3) is 6.85. The zero-order valence-corrected chi connectivity index (χ0v) is 27.7. The second-order valence-corrected chi connectivity index (χ2v) is 11.9. The lowest BCUT2D eigenvalue weighted by molar-refractivity contribution is -0.132. The lowest BCUT2D eigenvalue weighted by atomic mass is 9.95. The van der Waals surface area contributed by atoms with Crippen molar-refractivity contribution in [1.82, 2.24) is 4.98 Å². The Balaban J connectivity index is 1.56. The molecule has 0 saturated carbocycles. The van der Waals surface area contributed by atoms with Gasteiger partial charge >= 0.3 is 11.9 Å². The van der Waals surface area contributed by atoms with E-state index in [1.165, 1.54) is 19.1 Å². The van der Waals surface area contributed by atoms with Crippen LogP contribution in [0.5, 0.6) is 17.2 Å². The zero-order chi connectivity index (χ0) is 33.7. The molecule has 1 aliphatic rings. The van der Waals surface area contributed by atoms with E-state index in [9.17, 15) is 19.5 Å². The van der Waals surface area contributed by atoms with Crippen LogP contribution in [0, 0.1) is 13.8 Å². The zero-order valence-electron chi connectivity index (χ0n) is 26.9. The van der Waals surface area contributed by atoms with E-state index in [1.807, 2.05) is 31.2 Å². The summed E-state index contributed by atoms with van der Waals surface area (Å²) in [6, 6.07) is 18.5. The number of hydrogen-bond acceptors (Lipinski definition) is 10. The van der Waals surface area contributed by atoms with Crippen LogP contribution in [-0.2, 0) is 20.9 Å². The lowest BCUT2D eigenvalue weighted by Gasteiger charge is -2.24. The van der Waals surface area contributed by atoms with Gasteiger partial charge in [0.15, 0.2) is 16.6 Å². The van der Waals surface area contributed by atoms with E-state index in [4.69, 9.17) is 18.9 Å². The molecule has 1 fully saturated rings. The number of aromatic nitrogens is 1. The molecule has 1 atom stereocenters. The summed E-state index contributed by atoms with van der Waals surface area (Å²) < 4.78 is 22.4. The summed E-state index contributed by atoms with van der Waals surface area (Å²) in [6.07, 6.45) is 1.81. The molecule has 47 heavy (non-hydrogen) atoms. The number of carbonyl (C=O) groups is 3. The molecule has 2 heterocycles. The minimum atomic E-state index is -1.10. The number of aliphatic hydroxyl groups excluding tert-OH is 1. The van der Waals surface area contributed by atoms with Crippen molar-refractivity contribution in [2.45, 2.75) is 46.3 Å². The second-order valence-electron chi connectivity index (χ2n) is 10.9. The first-order valence-electron chi connectivity index (χ1n) is 15.1. The van der Waals surface area contributed by atoms with E-state index >= 15 is 0 Å². The van der Waals surface area contributed by atoms with Crippen molar-refractivity contribution in [2.24, 2.45) is 0 Å². The Kier molecular flexibility index (Phi) is 10.3. The van der Waals surface area contributed by atoms with Crippen molar-refractivity contribution in [2.75, 3.05) is 25.7 Å². The number of nitrogens with zero attached hydrogens (tertiary/aromatic N) is 2. The standard InChI is InChI=1S/C36H36N2O8S/c1-6-7-18-45-27-17-14-24(19-28(27)43-4)30-29(32(40)34(41)38(30)36-37-22(3)33(47-36)35(42)44-5)31(39)23-12-15-26(16-13-23)46-20-25-11-9-8-10-21(25)2/h8-17,19,30,39H,6-7,18,20H2,1-5H3/b31-29+. The molecule has 1 aliphatic heterocycles. The number of esters is 1. The van der Waals surface area contributed by atoms with Gasteiger partial charge in [-0.25, -0.2) is 9.78 Å². The Hall–Kier alpha value is -5.16. The van der Waals surface area contributed by atoms with Gasteiger partial charge in [0.05, 0.1) is 38.1 Å². The van der Waals surface area contributed by atoms with E-state index in [-0.39, 0.29) is 21.3 Å². The van der Waals surface area contributed by atoms with Crippen LogP contribution in [0.25, 0.3) is 5.76 Å². The number of aryl methyl sites for hydroxylation is 2. The quantitative estimate of drug-likeness (QED) is 0.0568. The van der Waals surface area contributed by atoms with E-state index in [0.29, 0.717) is 47.3 Å². The first kappa shape index (κ1) is 33.2. The average molecular weight is 657 g/mol. The van der Waals surface area contributed by atoms with Crippen LogP contribution >= 0.6 is 11.3 Å². The van der Waals surface area contributed by atoms with Gasteiger partial charge < -0.3 is 24.1 Å². The van der Waals surface area contributed by atoms with Crippen LogP contribution in [0.4, 0.5) is 5.13 Å². The molecule has 1 saturated heterocycles. The minimum absolute atomic E-state index is 0.108. The highest BCUT2D eigenvalue weighted by Crippen LogP contribution is 2.45. The molecule has 1 unspecified atom stereocenters. The molecule has 1 amide bonds. The van der Waals surface area contributed by atoms with E-state index in [1.54, 1.807) is 49.4 Å². The summed E-state index contributed by atoms with van der Waals surface area (Å²) in [5.41, 5.74) is 3.14. The molecule has 244 valence electrons. The Morgan fingerprint density at radius 1 is 0.979 bits per heavy atom. The highest BCUT2D eigenvalue weighted by Gasteiger charge is 2.48. The number of anilines is 1. The monoisotopic (exact) mass is 656 g/mol. The fourth-order valence-corrected chi connectivity index (χ4v) is 6.22. The molecular formula is C36H36N2O8S. The maximum atomic E-state index is 13.7. The number of amides is 1. The van der Waals surface area contributed by atoms with E-state index < -0.39 is 23.7 Å². The Morgan fingerprint density at radius 2 is 1.72 bits per heavy atom. The summed E-state index contributed by atoms with van der Waals surface area (Å²) in [5.74, 6) is -1.32. The molecule has 1 N–H and O–H groups in total. The van der Waals surface area contributed by atoms with Crippen LogP contribution in [-0.4, -0.2) is 48.6 Å². The Labute approximate surface area is 277 Å². The molecule has 0 aliphatic carbocycles. The fraction of sp³-hybridized carbons (Fsp3) is 0.278. The number of rotatable bonds is 12. The number of carbonyl (C=O) groups excluding carboxylic acids is 3. The number of aliphatic hydroxyl groups is 1. The van der Waals surface area contributed by atoms with Crippen LogP contribution < -0.4 is 19.1 Å². The Morgan fingerprint density at radius 3 is 2.40 bits per heavy atom. The highest BCUT2D eigenvalue weighted by atomic mass is 32.1. The summed E-state index contributed by atoms with van der Waals surface area (Å²) in [7, 11) is 2.75. The largest absolute Gasteiger partial charge is 0.507 e. The number of methoxy groups -OCH3 is 2. The maximum Gasteiger partial charge on any atom is 0.350 e. The number of unbranched alkanes of at least 4 members (excludes halogenated alkanes) is 1. The molecule has 0 radical (unpaired) electrons. The van der Waals surface area contributed by atoms with Crippen molar-refractivity contribution >= 4 is 39.9 Å². The molecule has 11 heteroatoms. The summed E-state index contributed by atoms with van der Waals surface area (Å²) in [5, 5.41) is 11.8. The third-order valence-corrected chi connectivity index (χ3v) is 8.99. The number of ether oxygens (including phenoxy) is 4. The fourth-order valence-electron chi connectivity index (χ4n) is 5.21. The molecule has 3 aromatic carbocycles. The number of hydrogen-bond donors (Lipinski definition) is 1. The second kappa shape index (κ2) is 14.5. The van der Waals surface area contributed by atoms with Gasteiger partial charge in [0.25, 0.3) is 5.78 Å². The summed E-state index contributed by atoms with van der Waals surface area (Å²) in [6.45, 7) is 6.54. The third-order valence-electron chi connectivity index (χ3n) is 7.85. The van der Waals surface area contributed by atoms with E-state index in [2.05, 4.69) is 11.9 Å². The summed E-state index contributed by atoms with van der Waals surface area (Å²) >= 11 is 0.927. The van der Waals surface area contributed by atoms with Gasteiger partial charge in [-0.1, -0.05) is 55.0 Å². The van der Waals surface area contributed by atoms with Crippen molar-refractivity contribution < 1.29 is 38.4 Å². The predicted octanol–water partition coefficient (Wildman–Crippen LogP) is 6.94. The first-order chi connectivity index (χ1) is 22.7. The number of Topliss-reactive ketones (excluding diaryl/α,β-unsaturated/α-hetero) is 1. The van der Waals surface area contributed by atoms with Crippen LogP contribution in [0.15, 0.2) is 72.3 Å². The number of ketones is 1. The SMILES string of the molecule is CCCCOc1ccc(C2/C(=C(\O)c3ccc(OCc4ccccc4C)cc3)C(=O)C(=O)N2c2nc(C)c(C(=O)OC)s2)cc1OC. The van der Waals surface area contributed by atoms with Crippen LogP contribution in [0.1, 0.15) is 63.4 Å². The van der Waals surface area contributed by atoms with Gasteiger partial charge in [-0.05, 0) is 73.4 Å². The van der Waals surface area contributed by atoms with Crippen LogP contribution in [0.3, 0.4) is 0 Å². The number of thiazole rings is 1. The van der Waals surface area contributed by atoms with Gasteiger partial charge in [-0.3, -0.25) is 14.5 Å². The van der Waals surface area contributed by atoms with Crippen LogP contribution in [0.2, 0.25) is 0 Å². The molecule has 0 spiro atoms. The van der Waals surface area contributed by atoms with Gasteiger partial charge in [0.1, 0.15) is 23.0 Å². The predicted molar refractivity (Wildman–Crippen MR) is 178 cm³/mol. The minimum Gasteiger partial charge on any atom is -0.507 e. The smallest absolute Gasteiger partial charge is 0.350 e. The van der Waals surface area contributed by atoms with Crippen molar-refractivity contribution in [3.63, 3.8) is 0 Å². The normalized spacial score (nSPS) is 15.5. The highest BCUT2D eigenvalue weighted by molar-refractivity contribution is 7.17. The van der Waals surface area contributed by atoms with E-state index in [0.717, 1.165) is 35.3 Å². The first-order valence-corrected chi connectivity index (χ1v) is 15.9. The lowest BCUT2D eigenvalue weighted by Crippen LogP contribution is -2.29. The van der Waals surface area contributed by atoms with Gasteiger partial charge in [0, 0.05) is 5.56 Å². The molecule has 4 aromatic rings. The molecule has 1 aromatic heterocycles. The molecule has 5 rings (SSSR count). The molecular weight excluding hydrogens is 620 g/mol. The molecule has 0 bridgehead atoms. The maximum absolute atomic E-state index is 13.7. The average Bonchev–Trinajstić information content (AvgIpc) is 3.59. The Bertz CT molecular complexity index is 1830. The van der Waals surface area contributed by atoms with Gasteiger partial charge in [-0.2, -0.15) is 0 Å². The number of benzene rings is 3. The van der Waals surface area contributed by atoms with Gasteiger partial charge in [0.2, 0.25) is 0 Å². The topological polar surface area (TPSA) is 124 Å². The summed E-state index contributed by atoms with van der Waals surface area (Å²) in [4.78, 5) is 45.7. The van der Waals surface area contributed by atoms with Gasteiger partial charge in [-0.15, -0.1) is 0 Å². The van der Waals surface area contributed by atoms with Crippen molar-refractivity contribution in [3.05, 3.63) is 105 Å². The molecule has 10 nitrogen and oxygen atoms in total. The van der Waals surface area contributed by atoms with Crippen molar-refractivity contribution in [1.29, 1.82) is 0 Å².